The summed E-state index contributed by atoms with van der Waals surface area (Å²) in [6.45, 7) is 15.3. The average molecular weight is 399 g/mol. The Bertz CT molecular complexity index is 549. The maximum Gasteiger partial charge on any atom is 0.349 e. The van der Waals surface area contributed by atoms with Gasteiger partial charge in [-0.15, -0.1) is 0 Å². The molecule has 0 bridgehead atoms. The number of rotatable bonds is 5. The zero-order valence-corrected chi connectivity index (χ0v) is 19.2. The van der Waals surface area contributed by atoms with Gasteiger partial charge in [0.1, 0.15) is 5.60 Å². The summed E-state index contributed by atoms with van der Waals surface area (Å²) < 4.78 is 11.9. The Labute approximate surface area is 165 Å². The van der Waals surface area contributed by atoms with E-state index in [1.54, 1.807) is 0 Å². The molecule has 0 aromatic heterocycles. The summed E-state index contributed by atoms with van der Waals surface area (Å²) in [4.78, 5) is 25.7. The van der Waals surface area contributed by atoms with Gasteiger partial charge in [0.05, 0.1) is 0 Å². The van der Waals surface area contributed by atoms with E-state index in [-0.39, 0.29) is 16.9 Å². The minimum atomic E-state index is -2.95. The van der Waals surface area contributed by atoms with Crippen molar-refractivity contribution in [1.29, 1.82) is 0 Å². The average Bonchev–Trinajstić information content (AvgIpc) is 3.00. The molecule has 0 aliphatic carbocycles. The molecule has 2 heterocycles. The van der Waals surface area contributed by atoms with Crippen LogP contribution >= 0.6 is 0 Å². The van der Waals surface area contributed by atoms with Gasteiger partial charge in [-0.05, 0) is 70.5 Å². The van der Waals surface area contributed by atoms with Gasteiger partial charge in [-0.3, -0.25) is 9.59 Å². The number of carbonyl (C=O) groups is 2. The number of carbonyl (C=O) groups excluding carboxylic acids is 2. The third kappa shape index (κ3) is 6.57. The van der Waals surface area contributed by atoms with Crippen LogP contribution in [-0.4, -0.2) is 49.6 Å². The number of nitrogens with zero attached hydrogens (tertiary/aromatic N) is 1. The molecule has 2 rings (SSSR count). The second-order valence-corrected chi connectivity index (χ2v) is 13.9. The van der Waals surface area contributed by atoms with Crippen LogP contribution in [0.4, 0.5) is 4.79 Å². The van der Waals surface area contributed by atoms with E-state index in [4.69, 9.17) is 9.26 Å². The van der Waals surface area contributed by atoms with E-state index >= 15 is 0 Å². The zero-order chi connectivity index (χ0) is 20.5. The van der Waals surface area contributed by atoms with Crippen LogP contribution in [0, 0.1) is 11.3 Å². The summed E-state index contributed by atoms with van der Waals surface area (Å²) in [6, 6.07) is 1.05. The lowest BCUT2D eigenvalue weighted by Crippen LogP contribution is -2.56. The monoisotopic (exact) mass is 398 g/mol. The molecule has 3 atom stereocenters. The Kier molecular flexibility index (Phi) is 6.80. The lowest BCUT2D eigenvalue weighted by atomic mass is 9.89. The largest absolute Gasteiger partial charge is 0.462 e. The van der Waals surface area contributed by atoms with Gasteiger partial charge in [-0.1, -0.05) is 20.8 Å². The predicted octanol–water partition coefficient (Wildman–Crippen LogP) is 4.05. The first-order valence-corrected chi connectivity index (χ1v) is 12.9. The number of amides is 1. The Morgan fingerprint density at radius 1 is 1.22 bits per heavy atom. The lowest BCUT2D eigenvalue weighted by Gasteiger charge is -2.40. The maximum absolute atomic E-state index is 13.0. The zero-order valence-electron chi connectivity index (χ0n) is 18.2. The molecule has 3 unspecified atom stereocenters. The molecule has 0 aromatic carbocycles. The SMILES string of the molecule is CC(C)(C)C[Si](C)(ON1CCC(C2CCCN2)CC1=O)C(=O)OC(C)(C)C. The smallest absolute Gasteiger partial charge is 0.349 e. The molecule has 156 valence electrons. The van der Waals surface area contributed by atoms with Gasteiger partial charge in [-0.25, -0.2) is 5.06 Å². The Morgan fingerprint density at radius 2 is 1.89 bits per heavy atom. The van der Waals surface area contributed by atoms with Gasteiger partial charge in [0.15, 0.2) is 0 Å². The normalized spacial score (nSPS) is 26.8. The van der Waals surface area contributed by atoms with E-state index in [2.05, 4.69) is 26.1 Å². The highest BCUT2D eigenvalue weighted by atomic mass is 28.4. The Hall–Kier alpha value is -0.923. The van der Waals surface area contributed by atoms with E-state index in [0.717, 1.165) is 19.4 Å². The number of hydrogen-bond acceptors (Lipinski definition) is 5. The van der Waals surface area contributed by atoms with Crippen molar-refractivity contribution in [1.82, 2.24) is 10.4 Å². The molecule has 2 aliphatic heterocycles. The minimum Gasteiger partial charge on any atom is -0.462 e. The van der Waals surface area contributed by atoms with Crippen LogP contribution < -0.4 is 5.32 Å². The molecule has 1 N–H and O–H groups in total. The van der Waals surface area contributed by atoms with E-state index in [0.29, 0.717) is 31.0 Å². The highest BCUT2D eigenvalue weighted by Gasteiger charge is 2.49. The first kappa shape index (κ1) is 22.4. The molecule has 7 heteroatoms. The summed E-state index contributed by atoms with van der Waals surface area (Å²) in [7, 11) is -2.95. The molecular formula is C20H38N2O4Si. The van der Waals surface area contributed by atoms with Crippen molar-refractivity contribution in [2.75, 3.05) is 13.1 Å². The second kappa shape index (κ2) is 8.21. The van der Waals surface area contributed by atoms with E-state index in [1.807, 2.05) is 27.3 Å². The van der Waals surface area contributed by atoms with Crippen molar-refractivity contribution in [3.8, 4) is 0 Å². The fourth-order valence-electron chi connectivity index (χ4n) is 4.17. The van der Waals surface area contributed by atoms with Crippen molar-refractivity contribution in [3.05, 3.63) is 0 Å². The number of piperidine rings is 1. The van der Waals surface area contributed by atoms with Crippen LogP contribution in [0.25, 0.3) is 0 Å². The summed E-state index contributed by atoms with van der Waals surface area (Å²) in [5, 5.41) is 4.97. The second-order valence-electron chi connectivity index (χ2n) is 10.5. The summed E-state index contributed by atoms with van der Waals surface area (Å²) in [5.41, 5.74) is -0.942. The van der Waals surface area contributed by atoms with Gasteiger partial charge in [-0.2, -0.15) is 0 Å². The van der Waals surface area contributed by atoms with Gasteiger partial charge >= 0.3 is 13.9 Å². The first-order valence-electron chi connectivity index (χ1n) is 10.3. The molecule has 27 heavy (non-hydrogen) atoms. The highest BCUT2D eigenvalue weighted by molar-refractivity contribution is 6.99. The van der Waals surface area contributed by atoms with Crippen LogP contribution in [0.15, 0.2) is 0 Å². The quantitative estimate of drug-likeness (QED) is 0.708. The third-order valence-electron chi connectivity index (χ3n) is 5.10. The van der Waals surface area contributed by atoms with Crippen LogP contribution in [0.2, 0.25) is 12.6 Å². The van der Waals surface area contributed by atoms with Gasteiger partial charge in [0.2, 0.25) is 5.91 Å². The Balaban J connectivity index is 2.08. The maximum atomic E-state index is 13.0. The minimum absolute atomic E-state index is 0.00357. The molecule has 2 saturated heterocycles. The molecular weight excluding hydrogens is 360 g/mol. The number of hydroxylamine groups is 2. The predicted molar refractivity (Wildman–Crippen MR) is 109 cm³/mol. The third-order valence-corrected chi connectivity index (χ3v) is 8.42. The first-order chi connectivity index (χ1) is 12.3. The van der Waals surface area contributed by atoms with Crippen molar-refractivity contribution in [2.24, 2.45) is 11.3 Å². The van der Waals surface area contributed by atoms with E-state index < -0.39 is 13.9 Å². The fraction of sp³-hybridized carbons (Fsp3) is 0.900. The van der Waals surface area contributed by atoms with Crippen LogP contribution in [0.3, 0.4) is 0 Å². The van der Waals surface area contributed by atoms with E-state index in [1.165, 1.54) is 11.5 Å². The number of nitrogens with one attached hydrogen (secondary N) is 1. The van der Waals surface area contributed by atoms with Crippen molar-refractivity contribution in [2.45, 2.75) is 91.5 Å². The van der Waals surface area contributed by atoms with Crippen LogP contribution in [0.1, 0.15) is 67.2 Å². The van der Waals surface area contributed by atoms with Crippen molar-refractivity contribution < 1.29 is 18.9 Å². The number of hydrogen-bond donors (Lipinski definition) is 1. The summed E-state index contributed by atoms with van der Waals surface area (Å²) in [6.07, 6.45) is 3.74. The van der Waals surface area contributed by atoms with Gasteiger partial charge < -0.3 is 14.6 Å². The number of ether oxygens (including phenoxy) is 1. The van der Waals surface area contributed by atoms with Crippen LogP contribution in [0.5, 0.6) is 0 Å². The molecule has 0 radical (unpaired) electrons. The van der Waals surface area contributed by atoms with Crippen molar-refractivity contribution in [3.63, 3.8) is 0 Å². The topological polar surface area (TPSA) is 67.9 Å². The fourth-order valence-corrected chi connectivity index (χ4v) is 7.68. The Morgan fingerprint density at radius 3 is 2.37 bits per heavy atom. The molecule has 0 spiro atoms. The van der Waals surface area contributed by atoms with Crippen LogP contribution in [-0.2, 0) is 14.1 Å². The molecule has 0 aromatic rings. The lowest BCUT2D eigenvalue weighted by molar-refractivity contribution is -0.167. The summed E-state index contributed by atoms with van der Waals surface area (Å²) >= 11 is 0. The van der Waals surface area contributed by atoms with E-state index in [9.17, 15) is 9.59 Å². The molecule has 0 saturated carbocycles. The van der Waals surface area contributed by atoms with Crippen molar-refractivity contribution >= 4 is 19.8 Å². The molecule has 1 amide bonds. The molecule has 6 nitrogen and oxygen atoms in total. The van der Waals surface area contributed by atoms with Gasteiger partial charge in [0.25, 0.3) is 0 Å². The molecule has 2 aliphatic rings. The van der Waals surface area contributed by atoms with Gasteiger partial charge in [0, 0.05) is 19.0 Å². The molecule has 2 fully saturated rings. The summed E-state index contributed by atoms with van der Waals surface area (Å²) in [5.74, 6) is 0.369. The standard InChI is InChI=1S/C20H38N2O4Si/c1-19(2,3)14-27(7,18(24)25-20(4,5)6)26-22-12-10-15(13-17(22)23)16-9-8-11-21-16/h15-16,21H,8-14H2,1-7H3. The highest BCUT2D eigenvalue weighted by Crippen LogP contribution is 2.33.